The van der Waals surface area contributed by atoms with Crippen LogP contribution in [0.3, 0.4) is 0 Å². The zero-order chi connectivity index (χ0) is 15.1. The first-order valence-corrected chi connectivity index (χ1v) is 7.43. The fourth-order valence-corrected chi connectivity index (χ4v) is 2.54. The van der Waals surface area contributed by atoms with Crippen molar-refractivity contribution in [1.82, 2.24) is 9.80 Å². The number of piperazine rings is 1. The lowest BCUT2D eigenvalue weighted by atomic mass is 10.2. The maximum Gasteiger partial charge on any atom is 0.137 e. The summed E-state index contributed by atoms with van der Waals surface area (Å²) < 4.78 is 5.70. The molecule has 2 rings (SSSR count). The maximum absolute atomic E-state index is 9.39. The summed E-state index contributed by atoms with van der Waals surface area (Å²) in [5, 5.41) is 18.4. The molecule has 21 heavy (non-hydrogen) atoms. The maximum atomic E-state index is 9.39. The molecular formula is C16H23N3O2. The van der Waals surface area contributed by atoms with Crippen molar-refractivity contribution in [2.24, 2.45) is 0 Å². The van der Waals surface area contributed by atoms with Crippen molar-refractivity contribution in [3.05, 3.63) is 29.8 Å². The van der Waals surface area contributed by atoms with Crippen LogP contribution in [0.5, 0.6) is 5.75 Å². The Bertz CT molecular complexity index is 477. The number of aliphatic hydroxyl groups is 1. The van der Waals surface area contributed by atoms with Crippen molar-refractivity contribution in [2.45, 2.75) is 13.0 Å². The van der Waals surface area contributed by atoms with E-state index in [2.05, 4.69) is 15.9 Å². The number of aliphatic hydroxyl groups excluding tert-OH is 1. The van der Waals surface area contributed by atoms with Crippen LogP contribution in [-0.2, 0) is 0 Å². The third-order valence-electron chi connectivity index (χ3n) is 3.66. The number of nitriles is 1. The molecule has 0 aromatic heterocycles. The van der Waals surface area contributed by atoms with Crippen LogP contribution in [-0.4, -0.2) is 66.9 Å². The van der Waals surface area contributed by atoms with Gasteiger partial charge in [-0.2, -0.15) is 5.26 Å². The number of hydrogen-bond donors (Lipinski definition) is 1. The van der Waals surface area contributed by atoms with Gasteiger partial charge in [0.25, 0.3) is 0 Å². The first kappa shape index (κ1) is 15.8. The highest BCUT2D eigenvalue weighted by atomic mass is 16.5. The van der Waals surface area contributed by atoms with Crippen molar-refractivity contribution in [1.29, 1.82) is 5.26 Å². The van der Waals surface area contributed by atoms with Crippen molar-refractivity contribution in [2.75, 3.05) is 45.9 Å². The van der Waals surface area contributed by atoms with Crippen LogP contribution in [0.1, 0.15) is 12.5 Å². The van der Waals surface area contributed by atoms with Gasteiger partial charge in [0.15, 0.2) is 0 Å². The van der Waals surface area contributed by atoms with Crippen molar-refractivity contribution in [3.8, 4) is 11.8 Å². The first-order chi connectivity index (χ1) is 10.2. The summed E-state index contributed by atoms with van der Waals surface area (Å²) in [5.74, 6) is 0.660. The molecule has 1 aliphatic rings. The molecule has 0 radical (unpaired) electrons. The number of nitrogens with zero attached hydrogens (tertiary/aromatic N) is 3. The molecule has 0 bridgehead atoms. The van der Waals surface area contributed by atoms with E-state index in [1.54, 1.807) is 6.07 Å². The van der Waals surface area contributed by atoms with Gasteiger partial charge in [0, 0.05) is 39.3 Å². The summed E-state index contributed by atoms with van der Waals surface area (Å²) >= 11 is 0. The quantitative estimate of drug-likeness (QED) is 0.844. The van der Waals surface area contributed by atoms with E-state index in [1.165, 1.54) is 0 Å². The minimum atomic E-state index is -0.262. The SMILES string of the molecule is C[C@@H](O)CN1CCN(CCOc2ccccc2C#N)CC1. The Morgan fingerprint density at radius 3 is 2.57 bits per heavy atom. The van der Waals surface area contributed by atoms with E-state index in [-0.39, 0.29) is 6.10 Å². The second-order valence-electron chi connectivity index (χ2n) is 5.45. The molecule has 1 saturated heterocycles. The fourth-order valence-electron chi connectivity index (χ4n) is 2.54. The Balaban J connectivity index is 1.70. The fraction of sp³-hybridized carbons (Fsp3) is 0.562. The Labute approximate surface area is 126 Å². The van der Waals surface area contributed by atoms with Crippen LogP contribution in [0.2, 0.25) is 0 Å². The smallest absolute Gasteiger partial charge is 0.137 e. The van der Waals surface area contributed by atoms with E-state index >= 15 is 0 Å². The van der Waals surface area contributed by atoms with Gasteiger partial charge in [0.05, 0.1) is 11.7 Å². The summed E-state index contributed by atoms with van der Waals surface area (Å²) in [5.41, 5.74) is 0.583. The van der Waals surface area contributed by atoms with E-state index < -0.39 is 0 Å². The number of hydrogen-bond acceptors (Lipinski definition) is 5. The minimum Gasteiger partial charge on any atom is -0.491 e. The van der Waals surface area contributed by atoms with Gasteiger partial charge in [-0.25, -0.2) is 0 Å². The van der Waals surface area contributed by atoms with E-state index in [0.717, 1.165) is 39.3 Å². The Morgan fingerprint density at radius 1 is 1.24 bits per heavy atom. The Hall–Kier alpha value is -1.61. The highest BCUT2D eigenvalue weighted by molar-refractivity contribution is 5.42. The molecule has 5 heteroatoms. The monoisotopic (exact) mass is 289 g/mol. The van der Waals surface area contributed by atoms with Crippen molar-refractivity contribution in [3.63, 3.8) is 0 Å². The summed E-state index contributed by atoms with van der Waals surface area (Å²) in [6.45, 7) is 8.00. The predicted octanol–water partition coefficient (Wildman–Crippen LogP) is 0.935. The number of ether oxygens (including phenoxy) is 1. The highest BCUT2D eigenvalue weighted by Gasteiger charge is 2.17. The lowest BCUT2D eigenvalue weighted by molar-refractivity contribution is 0.0750. The van der Waals surface area contributed by atoms with Gasteiger partial charge >= 0.3 is 0 Å². The number of rotatable bonds is 6. The molecule has 1 aromatic carbocycles. The average molecular weight is 289 g/mol. The van der Waals surface area contributed by atoms with Crippen LogP contribution in [0, 0.1) is 11.3 Å². The summed E-state index contributed by atoms with van der Waals surface area (Å²) in [6.07, 6.45) is -0.262. The van der Waals surface area contributed by atoms with E-state index in [0.29, 0.717) is 17.9 Å². The molecule has 1 atom stereocenters. The van der Waals surface area contributed by atoms with Crippen molar-refractivity contribution >= 4 is 0 Å². The molecule has 0 amide bonds. The highest BCUT2D eigenvalue weighted by Crippen LogP contribution is 2.16. The molecule has 1 aromatic rings. The Morgan fingerprint density at radius 2 is 1.90 bits per heavy atom. The van der Waals surface area contributed by atoms with Crippen LogP contribution in [0.15, 0.2) is 24.3 Å². The predicted molar refractivity (Wildman–Crippen MR) is 81.2 cm³/mol. The molecular weight excluding hydrogens is 266 g/mol. The van der Waals surface area contributed by atoms with E-state index in [1.807, 2.05) is 25.1 Å². The molecule has 1 N–H and O–H groups in total. The Kier molecular flexibility index (Phi) is 6.00. The third kappa shape index (κ3) is 5.01. The summed E-state index contributed by atoms with van der Waals surface area (Å²) in [6, 6.07) is 9.46. The zero-order valence-corrected chi connectivity index (χ0v) is 12.5. The van der Waals surface area contributed by atoms with E-state index in [9.17, 15) is 5.11 Å². The standard InChI is InChI=1S/C16H23N3O2/c1-14(20)13-19-8-6-18(7-9-19)10-11-21-16-5-3-2-4-15(16)12-17/h2-5,14,20H,6-11,13H2,1H3/t14-/m1/s1. The number of β-amino-alcohol motifs (C(OH)–C–C–N with tert-alkyl or cyclic N) is 1. The zero-order valence-electron chi connectivity index (χ0n) is 12.5. The summed E-state index contributed by atoms with van der Waals surface area (Å²) in [4.78, 5) is 4.64. The summed E-state index contributed by atoms with van der Waals surface area (Å²) in [7, 11) is 0. The topological polar surface area (TPSA) is 59.7 Å². The van der Waals surface area contributed by atoms with Crippen LogP contribution < -0.4 is 4.74 Å². The average Bonchev–Trinajstić information content (AvgIpc) is 2.49. The number of benzene rings is 1. The van der Waals surface area contributed by atoms with Gasteiger partial charge in [-0.05, 0) is 19.1 Å². The lowest BCUT2D eigenvalue weighted by Gasteiger charge is -2.35. The molecule has 5 nitrogen and oxygen atoms in total. The normalized spacial score (nSPS) is 18.1. The van der Waals surface area contributed by atoms with Crippen LogP contribution >= 0.6 is 0 Å². The molecule has 0 aliphatic carbocycles. The van der Waals surface area contributed by atoms with Crippen molar-refractivity contribution < 1.29 is 9.84 Å². The lowest BCUT2D eigenvalue weighted by Crippen LogP contribution is -2.49. The van der Waals surface area contributed by atoms with Gasteiger partial charge in [-0.3, -0.25) is 9.80 Å². The molecule has 0 unspecified atom stereocenters. The number of para-hydroxylation sites is 1. The minimum absolute atomic E-state index is 0.262. The first-order valence-electron chi connectivity index (χ1n) is 7.43. The van der Waals surface area contributed by atoms with Gasteiger partial charge < -0.3 is 9.84 Å². The van der Waals surface area contributed by atoms with Gasteiger partial charge in [-0.1, -0.05) is 12.1 Å². The van der Waals surface area contributed by atoms with Gasteiger partial charge in [0.2, 0.25) is 0 Å². The second kappa shape index (κ2) is 7.99. The molecule has 1 fully saturated rings. The molecule has 1 aliphatic heterocycles. The molecule has 1 heterocycles. The van der Waals surface area contributed by atoms with Crippen LogP contribution in [0.4, 0.5) is 0 Å². The third-order valence-corrected chi connectivity index (χ3v) is 3.66. The second-order valence-corrected chi connectivity index (χ2v) is 5.45. The molecule has 114 valence electrons. The molecule has 0 spiro atoms. The van der Waals surface area contributed by atoms with E-state index in [4.69, 9.17) is 10.00 Å². The molecule has 0 saturated carbocycles. The van der Waals surface area contributed by atoms with Gasteiger partial charge in [-0.15, -0.1) is 0 Å². The van der Waals surface area contributed by atoms with Gasteiger partial charge in [0.1, 0.15) is 18.4 Å². The van der Waals surface area contributed by atoms with Crippen LogP contribution in [0.25, 0.3) is 0 Å². The largest absolute Gasteiger partial charge is 0.491 e.